The van der Waals surface area contributed by atoms with Crippen LogP contribution in [0.5, 0.6) is 0 Å². The molecule has 0 atom stereocenters. The van der Waals surface area contributed by atoms with Gasteiger partial charge in [0.25, 0.3) is 0 Å². The third-order valence-electron chi connectivity index (χ3n) is 4.68. The van der Waals surface area contributed by atoms with Crippen LogP contribution in [-0.2, 0) is 33.5 Å². The van der Waals surface area contributed by atoms with Gasteiger partial charge in [-0.1, -0.05) is 6.42 Å². The van der Waals surface area contributed by atoms with Gasteiger partial charge in [-0.05, 0) is 25.7 Å². The van der Waals surface area contributed by atoms with E-state index in [4.69, 9.17) is 14.2 Å². The maximum Gasteiger partial charge on any atom is 0.508 e. The number of nitrogens with zero attached hydrogens (tertiary/aromatic N) is 2. The number of alkyl halides is 3. The summed E-state index contributed by atoms with van der Waals surface area (Å²) in [6, 6.07) is 0. The zero-order valence-electron chi connectivity index (χ0n) is 15.2. The Morgan fingerprint density at radius 3 is 2.57 bits per heavy atom. The van der Waals surface area contributed by atoms with Gasteiger partial charge in [0.2, 0.25) is 5.82 Å². The van der Waals surface area contributed by atoms with Crippen molar-refractivity contribution >= 4 is 12.1 Å². The minimum absolute atomic E-state index is 0.0561. The summed E-state index contributed by atoms with van der Waals surface area (Å²) in [5, 5.41) is 2.90. The van der Waals surface area contributed by atoms with Crippen LogP contribution in [0, 0.1) is 0 Å². The van der Waals surface area contributed by atoms with Crippen molar-refractivity contribution in [2.45, 2.75) is 57.5 Å². The normalized spacial score (nSPS) is 17.7. The van der Waals surface area contributed by atoms with E-state index in [1.807, 2.05) is 0 Å². The van der Waals surface area contributed by atoms with Crippen molar-refractivity contribution in [2.24, 2.45) is 0 Å². The molecule has 1 saturated carbocycles. The van der Waals surface area contributed by atoms with E-state index in [1.165, 1.54) is 0 Å². The van der Waals surface area contributed by atoms with Crippen LogP contribution in [0.15, 0.2) is 0 Å². The third-order valence-corrected chi connectivity index (χ3v) is 4.68. The van der Waals surface area contributed by atoms with Gasteiger partial charge in [-0.3, -0.25) is 0 Å². The van der Waals surface area contributed by atoms with E-state index in [2.05, 4.69) is 10.3 Å². The molecule has 11 heteroatoms. The Bertz CT molecular complexity index is 714. The van der Waals surface area contributed by atoms with Gasteiger partial charge in [-0.15, -0.1) is 0 Å². The van der Waals surface area contributed by atoms with Crippen molar-refractivity contribution in [1.29, 1.82) is 0 Å². The SMILES string of the molecule is O=C(OCCOC(=O)c1nc(C(F)(F)F)n2c1CNCC2)OC1CCCCC1. The Hall–Kier alpha value is -2.30. The van der Waals surface area contributed by atoms with Gasteiger partial charge >= 0.3 is 18.3 Å². The van der Waals surface area contributed by atoms with Crippen LogP contribution in [0.2, 0.25) is 0 Å². The zero-order chi connectivity index (χ0) is 20.1. The van der Waals surface area contributed by atoms with Crippen molar-refractivity contribution in [3.05, 3.63) is 17.2 Å². The lowest BCUT2D eigenvalue weighted by Gasteiger charge is -2.21. The maximum absolute atomic E-state index is 13.1. The Morgan fingerprint density at radius 1 is 1.14 bits per heavy atom. The molecular weight excluding hydrogens is 383 g/mol. The topological polar surface area (TPSA) is 91.7 Å². The number of carbonyl (C=O) groups is 2. The summed E-state index contributed by atoms with van der Waals surface area (Å²) >= 11 is 0. The molecule has 0 saturated heterocycles. The summed E-state index contributed by atoms with van der Waals surface area (Å²) in [5.74, 6) is -2.12. The van der Waals surface area contributed by atoms with E-state index in [1.54, 1.807) is 0 Å². The molecule has 2 heterocycles. The number of nitrogens with one attached hydrogen (secondary N) is 1. The fourth-order valence-corrected chi connectivity index (χ4v) is 3.36. The fraction of sp³-hybridized carbons (Fsp3) is 0.706. The second-order valence-corrected chi connectivity index (χ2v) is 6.67. The first-order valence-electron chi connectivity index (χ1n) is 9.24. The predicted octanol–water partition coefficient (Wildman–Crippen LogP) is 2.65. The molecule has 0 amide bonds. The van der Waals surface area contributed by atoms with Gasteiger partial charge in [0.05, 0.1) is 5.69 Å². The smallest absolute Gasteiger partial charge is 0.457 e. The zero-order valence-corrected chi connectivity index (χ0v) is 15.2. The number of aromatic nitrogens is 2. The van der Waals surface area contributed by atoms with Crippen LogP contribution >= 0.6 is 0 Å². The van der Waals surface area contributed by atoms with Crippen LogP contribution in [-0.4, -0.2) is 47.5 Å². The Kier molecular flexibility index (Phi) is 6.42. The Balaban J connectivity index is 1.50. The molecule has 0 radical (unpaired) electrons. The second-order valence-electron chi connectivity index (χ2n) is 6.67. The van der Waals surface area contributed by atoms with Crippen LogP contribution in [0.4, 0.5) is 18.0 Å². The average Bonchev–Trinajstić information content (AvgIpc) is 3.06. The molecule has 3 rings (SSSR count). The molecule has 0 unspecified atom stereocenters. The van der Waals surface area contributed by atoms with Crippen molar-refractivity contribution in [2.75, 3.05) is 19.8 Å². The summed E-state index contributed by atoms with van der Waals surface area (Å²) in [7, 11) is 0. The van der Waals surface area contributed by atoms with Crippen LogP contribution in [0.25, 0.3) is 0 Å². The standard InChI is InChI=1S/C17H22F3N3O5/c18-17(19,20)15-22-13(12-10-21-6-7-23(12)15)14(24)26-8-9-27-16(25)28-11-4-2-1-3-5-11/h11,21H,1-10H2. The van der Waals surface area contributed by atoms with Gasteiger partial charge < -0.3 is 24.1 Å². The second kappa shape index (κ2) is 8.80. The molecule has 0 bridgehead atoms. The molecule has 156 valence electrons. The average molecular weight is 405 g/mol. The summed E-state index contributed by atoms with van der Waals surface area (Å²) < 4.78 is 55.2. The number of rotatable bonds is 5. The third kappa shape index (κ3) is 4.94. The van der Waals surface area contributed by atoms with Crippen LogP contribution in [0.3, 0.4) is 0 Å². The van der Waals surface area contributed by atoms with Gasteiger partial charge in [0, 0.05) is 19.6 Å². The number of imidazole rings is 1. The summed E-state index contributed by atoms with van der Waals surface area (Å²) in [4.78, 5) is 27.2. The monoisotopic (exact) mass is 405 g/mol. The summed E-state index contributed by atoms with van der Waals surface area (Å²) in [6.07, 6.45) is -0.959. The first-order valence-corrected chi connectivity index (χ1v) is 9.24. The van der Waals surface area contributed by atoms with E-state index >= 15 is 0 Å². The van der Waals surface area contributed by atoms with Crippen molar-refractivity contribution < 1.29 is 37.0 Å². The van der Waals surface area contributed by atoms with Gasteiger partial charge in [0.15, 0.2) is 5.69 Å². The Labute approximate surface area is 159 Å². The van der Waals surface area contributed by atoms with Gasteiger partial charge in [-0.25, -0.2) is 14.6 Å². The highest BCUT2D eigenvalue weighted by Gasteiger charge is 2.40. The lowest BCUT2D eigenvalue weighted by molar-refractivity contribution is -0.147. The quantitative estimate of drug-likeness (QED) is 0.595. The molecule has 1 N–H and O–H groups in total. The molecule has 1 fully saturated rings. The predicted molar refractivity (Wildman–Crippen MR) is 88.5 cm³/mol. The lowest BCUT2D eigenvalue weighted by atomic mass is 9.98. The number of ether oxygens (including phenoxy) is 3. The minimum Gasteiger partial charge on any atom is -0.457 e. The molecule has 1 aliphatic carbocycles. The lowest BCUT2D eigenvalue weighted by Crippen LogP contribution is -2.31. The van der Waals surface area contributed by atoms with Crippen molar-refractivity contribution in [3.8, 4) is 0 Å². The number of esters is 1. The number of halogens is 3. The maximum atomic E-state index is 13.1. The molecule has 2 aliphatic rings. The van der Waals surface area contributed by atoms with Crippen molar-refractivity contribution in [1.82, 2.24) is 14.9 Å². The Morgan fingerprint density at radius 2 is 1.86 bits per heavy atom. The molecule has 28 heavy (non-hydrogen) atoms. The summed E-state index contributed by atoms with van der Waals surface area (Å²) in [5.41, 5.74) is -0.259. The van der Waals surface area contributed by atoms with E-state index in [0.717, 1.165) is 36.7 Å². The molecular formula is C17H22F3N3O5. The molecule has 1 aliphatic heterocycles. The first kappa shape index (κ1) is 20.4. The largest absolute Gasteiger partial charge is 0.508 e. The number of hydrogen-bond acceptors (Lipinski definition) is 7. The molecule has 1 aromatic rings. The van der Waals surface area contributed by atoms with Crippen molar-refractivity contribution in [3.63, 3.8) is 0 Å². The van der Waals surface area contributed by atoms with Gasteiger partial charge in [0.1, 0.15) is 19.3 Å². The molecule has 0 spiro atoms. The summed E-state index contributed by atoms with van der Waals surface area (Å²) in [6.45, 7) is -0.0758. The van der Waals surface area contributed by atoms with E-state index in [-0.39, 0.29) is 43.8 Å². The van der Waals surface area contributed by atoms with E-state index in [0.29, 0.717) is 6.54 Å². The van der Waals surface area contributed by atoms with E-state index in [9.17, 15) is 22.8 Å². The van der Waals surface area contributed by atoms with Crippen LogP contribution < -0.4 is 5.32 Å². The van der Waals surface area contributed by atoms with Crippen LogP contribution in [0.1, 0.15) is 54.1 Å². The van der Waals surface area contributed by atoms with E-state index < -0.39 is 24.1 Å². The number of hydrogen-bond donors (Lipinski definition) is 1. The number of carbonyl (C=O) groups excluding carboxylic acids is 2. The highest BCUT2D eigenvalue weighted by atomic mass is 19.4. The highest BCUT2D eigenvalue weighted by Crippen LogP contribution is 2.31. The fourth-order valence-electron chi connectivity index (χ4n) is 3.36. The molecule has 0 aromatic carbocycles. The minimum atomic E-state index is -4.67. The number of fused-ring (bicyclic) bond motifs is 1. The highest BCUT2D eigenvalue weighted by molar-refractivity contribution is 5.88. The first-order chi connectivity index (χ1) is 13.4. The molecule has 1 aromatic heterocycles. The molecule has 8 nitrogen and oxygen atoms in total. The van der Waals surface area contributed by atoms with Gasteiger partial charge in [-0.2, -0.15) is 13.2 Å².